The van der Waals surface area contributed by atoms with Crippen LogP contribution in [0.25, 0.3) is 0 Å². The summed E-state index contributed by atoms with van der Waals surface area (Å²) in [6, 6.07) is -6.68. The third kappa shape index (κ3) is 34.0. The molecule has 4 amide bonds. The SMILES string of the molecule is CCCCCCCCCCCCC/C=C/[C@@H](O)[C@H](CO[C@@H]1OC(CO)[C@@H](O[C@@H]2OC(CO)[C@H](O)[C@H](O[C@@H]3OC(CO)[C@@H](O[C@@H]4OC(CO)[C@H](O)[C@H](O[C@H]5OC(CO)[C@@H](O[C@@H]6OC(CO)[C@H](O)[C@H](O[C@]7(C(=O)O)CC(O)[C@@H](NC(C)=O)C([C@H](O)[C@H](O)CO)O7)C6O)[C@H](O)C5NC(C)=O)C4O)[C@H](O)C3NC(C)=O)C2O)[C@H](O)C1O)NC(=O)CCCCCCCCCCCCCCCCCCC. The number of unbranched alkanes of at least 4 members (excludes halogenated alkanes) is 27. The molecule has 0 aliphatic carbocycles. The number of rotatable bonds is 61. The first kappa shape index (κ1) is 117. The maximum atomic E-state index is 13.6. The Morgan fingerprint density at radius 3 is 1.10 bits per heavy atom. The Bertz CT molecular complexity index is 3340. The molecule has 45 nitrogen and oxygen atoms in total. The van der Waals surface area contributed by atoms with Gasteiger partial charge in [-0.3, -0.25) is 19.2 Å². The fourth-order valence-corrected chi connectivity index (χ4v) is 18.0. The first-order chi connectivity index (χ1) is 64.1. The van der Waals surface area contributed by atoms with Gasteiger partial charge in [-0.1, -0.05) is 193 Å². The number of hydrogen-bond donors (Lipinski definition) is 26. The molecule has 7 fully saturated rings. The van der Waals surface area contributed by atoms with Gasteiger partial charge < -0.3 is 200 Å². The maximum Gasteiger partial charge on any atom is 0.364 e. The quantitative estimate of drug-likeness (QED) is 0.0202. The minimum Gasteiger partial charge on any atom is -0.477 e. The van der Waals surface area contributed by atoms with E-state index >= 15 is 0 Å². The Balaban J connectivity index is 1.000. The van der Waals surface area contributed by atoms with E-state index in [1.54, 1.807) is 6.08 Å². The molecule has 7 aliphatic heterocycles. The molecule has 0 aromatic carbocycles. The number of carbonyl (C=O) groups excluding carboxylic acids is 4. The minimum atomic E-state index is -3.25. The molecule has 14 unspecified atom stereocenters. The molecule has 38 atom stereocenters. The zero-order valence-electron chi connectivity index (χ0n) is 77.7. The average molecular weight is 1940 g/mol. The van der Waals surface area contributed by atoms with Crippen molar-refractivity contribution < 1.29 is 203 Å². The van der Waals surface area contributed by atoms with Crippen LogP contribution in [-0.2, 0) is 90.3 Å². The van der Waals surface area contributed by atoms with Gasteiger partial charge in [-0.05, 0) is 19.3 Å². The Morgan fingerprint density at radius 2 is 0.724 bits per heavy atom. The van der Waals surface area contributed by atoms with Gasteiger partial charge in [0.25, 0.3) is 5.79 Å². The number of allylic oxidation sites excluding steroid dienone is 1. The van der Waals surface area contributed by atoms with Crippen LogP contribution in [0, 0.1) is 0 Å². The minimum absolute atomic E-state index is 0.153. The van der Waals surface area contributed by atoms with Crippen molar-refractivity contribution in [1.29, 1.82) is 0 Å². The number of hydrogen-bond acceptors (Lipinski definition) is 40. The number of carboxylic acid groups (broad SMARTS) is 1. The first-order valence-electron chi connectivity index (χ1n) is 48.1. The number of aliphatic hydroxyl groups is 21. The van der Waals surface area contributed by atoms with Crippen molar-refractivity contribution in [2.75, 3.05) is 52.9 Å². The van der Waals surface area contributed by atoms with Crippen molar-refractivity contribution in [2.24, 2.45) is 0 Å². The summed E-state index contributed by atoms with van der Waals surface area (Å²) < 4.78 is 83.0. The maximum absolute atomic E-state index is 13.6. The predicted molar refractivity (Wildman–Crippen MR) is 464 cm³/mol. The van der Waals surface area contributed by atoms with E-state index in [-0.39, 0.29) is 12.3 Å². The van der Waals surface area contributed by atoms with Crippen LogP contribution in [0.3, 0.4) is 0 Å². The molecule has 7 aliphatic rings. The van der Waals surface area contributed by atoms with Crippen LogP contribution in [0.2, 0.25) is 0 Å². The Labute approximate surface area is 781 Å². The molecule has 0 aromatic rings. The number of nitrogens with one attached hydrogen (secondary N) is 4. The topological polar surface area (TPSA) is 708 Å². The van der Waals surface area contributed by atoms with Gasteiger partial charge in [0.05, 0.1) is 77.1 Å². The van der Waals surface area contributed by atoms with Crippen molar-refractivity contribution in [3.05, 3.63) is 12.2 Å². The Morgan fingerprint density at radius 1 is 0.388 bits per heavy atom. The van der Waals surface area contributed by atoms with Crippen molar-refractivity contribution in [3.8, 4) is 0 Å². The van der Waals surface area contributed by atoms with E-state index in [4.69, 9.17) is 66.3 Å². The molecule has 45 heteroatoms. The third-order valence-corrected chi connectivity index (χ3v) is 25.7. The van der Waals surface area contributed by atoms with Gasteiger partial charge in [0.2, 0.25) is 23.6 Å². The standard InChI is InChI=1S/C89H158N4O41/c1-6-8-10-12-14-16-18-20-21-22-23-25-27-29-31-33-35-37-60(107)93-50(51(104)36-34-32-30-28-26-24-19-17-15-13-11-9-7-2)46-121-84-71(115)70(114)77(59(45-100)127-84)130-86-73(117)80(66(110)55(41-96)123-86)132-82-62(91-48(4)102)68(112)75(57(43-98)125-82)128-85-72(116)79(65(109)54(40-95)122-85)131-83-63(92-49(5)103)69(113)76(58(44-99)126-83)129-87-74(118)81(67(111)56(42-97)124-87)134-89(88(119)120)38-52(105)61(90-47(3)101)78(133-89)64(108)53(106)39-94/h34,36,50-59,61-87,94-100,104-106,108-118H,6-33,35,37-46H2,1-5H3,(H,90,101)(H,91,102)(H,92,103)(H,93,107)(H,119,120)/b36-34+/t50-,51+,52?,53+,54?,55?,56?,57?,58?,59?,61+,62?,63?,64+,65-,66-,67-,68+,69+,70+,71?,72?,73?,74?,75+,76+,77+,78?,79-,80-,81-,82-,83+,84+,85-,86-,87-,89-/m0/s1. The lowest BCUT2D eigenvalue weighted by atomic mass is 9.88. The van der Waals surface area contributed by atoms with Crippen LogP contribution in [0.5, 0.6) is 0 Å². The molecule has 134 heavy (non-hydrogen) atoms. The molecular weight excluding hydrogens is 1780 g/mol. The van der Waals surface area contributed by atoms with E-state index < -0.39 is 315 Å². The summed E-state index contributed by atoms with van der Waals surface area (Å²) in [5.41, 5.74) is 0. The summed E-state index contributed by atoms with van der Waals surface area (Å²) in [6.45, 7) is -0.981. The van der Waals surface area contributed by atoms with Crippen molar-refractivity contribution in [1.82, 2.24) is 21.3 Å². The first-order valence-corrected chi connectivity index (χ1v) is 48.1. The fraction of sp³-hybridized carbons (Fsp3) is 0.921. The van der Waals surface area contributed by atoms with E-state index in [2.05, 4.69) is 35.1 Å². The van der Waals surface area contributed by atoms with Crippen LogP contribution in [-0.4, -0.2) is 427 Å². The lowest BCUT2D eigenvalue weighted by Gasteiger charge is -2.51. The molecule has 0 bridgehead atoms. The summed E-state index contributed by atoms with van der Waals surface area (Å²) in [5, 5.41) is 258. The van der Waals surface area contributed by atoms with Gasteiger partial charge in [0.1, 0.15) is 165 Å². The lowest BCUT2D eigenvalue weighted by Crippen LogP contribution is -2.71. The molecule has 0 spiro atoms. The van der Waals surface area contributed by atoms with Crippen LogP contribution >= 0.6 is 0 Å². The molecular formula is C89H158N4O41. The summed E-state index contributed by atoms with van der Waals surface area (Å²) in [5.74, 6) is -8.44. The van der Waals surface area contributed by atoms with Crippen LogP contribution in [0.1, 0.15) is 234 Å². The van der Waals surface area contributed by atoms with Crippen molar-refractivity contribution >= 4 is 29.6 Å². The molecule has 7 saturated heterocycles. The van der Waals surface area contributed by atoms with E-state index in [0.717, 1.165) is 72.1 Å². The second kappa shape index (κ2) is 60.2. The van der Waals surface area contributed by atoms with Crippen LogP contribution in [0.4, 0.5) is 0 Å². The van der Waals surface area contributed by atoms with Crippen molar-refractivity contribution in [2.45, 2.75) is 466 Å². The van der Waals surface area contributed by atoms with E-state index in [1.807, 2.05) is 6.08 Å². The summed E-state index contributed by atoms with van der Waals surface area (Å²) in [7, 11) is 0. The molecule has 780 valence electrons. The number of aliphatic hydroxyl groups excluding tert-OH is 21. The number of carbonyl (C=O) groups is 5. The molecule has 0 saturated carbocycles. The Hall–Kier alpha value is -4.31. The van der Waals surface area contributed by atoms with Gasteiger partial charge in [-0.25, -0.2) is 4.79 Å². The summed E-state index contributed by atoms with van der Waals surface area (Å²) >= 11 is 0. The highest BCUT2D eigenvalue weighted by molar-refractivity contribution is 5.77. The number of aliphatic carboxylic acids is 1. The zero-order chi connectivity index (χ0) is 98.5. The monoisotopic (exact) mass is 1940 g/mol. The largest absolute Gasteiger partial charge is 0.477 e. The van der Waals surface area contributed by atoms with Gasteiger partial charge in [0.15, 0.2) is 37.7 Å². The highest BCUT2D eigenvalue weighted by Gasteiger charge is 2.63. The zero-order valence-corrected chi connectivity index (χ0v) is 77.7. The molecule has 0 aromatic heterocycles. The van der Waals surface area contributed by atoms with Crippen LogP contribution in [0.15, 0.2) is 12.2 Å². The molecule has 7 heterocycles. The molecule has 0 radical (unpaired) electrons. The van der Waals surface area contributed by atoms with Gasteiger partial charge >= 0.3 is 5.97 Å². The summed E-state index contributed by atoms with van der Waals surface area (Å²) in [6.07, 6.45) is -32.5. The van der Waals surface area contributed by atoms with E-state index in [1.165, 1.54) is 122 Å². The normalized spacial score (nSPS) is 36.9. The number of ether oxygens (including phenoxy) is 14. The highest BCUT2D eigenvalue weighted by Crippen LogP contribution is 2.42. The Kier molecular flexibility index (Phi) is 52.4. The van der Waals surface area contributed by atoms with E-state index in [0.29, 0.717) is 12.8 Å². The second-order valence-electron chi connectivity index (χ2n) is 36.3. The number of amides is 4. The lowest BCUT2D eigenvalue weighted by molar-refractivity contribution is -0.391. The van der Waals surface area contributed by atoms with Crippen molar-refractivity contribution in [3.63, 3.8) is 0 Å². The summed E-state index contributed by atoms with van der Waals surface area (Å²) in [4.78, 5) is 65.1. The second-order valence-corrected chi connectivity index (χ2v) is 36.3. The average Bonchev–Trinajstić information content (AvgIpc) is 0.727. The molecule has 26 N–H and O–H groups in total. The van der Waals surface area contributed by atoms with Gasteiger partial charge in [-0.15, -0.1) is 0 Å². The number of carboxylic acids is 1. The smallest absolute Gasteiger partial charge is 0.364 e. The molecule has 7 rings (SSSR count). The van der Waals surface area contributed by atoms with Gasteiger partial charge in [0, 0.05) is 33.6 Å². The third-order valence-electron chi connectivity index (χ3n) is 25.7. The fourth-order valence-electron chi connectivity index (χ4n) is 18.0. The van der Waals surface area contributed by atoms with Crippen LogP contribution < -0.4 is 21.3 Å². The predicted octanol–water partition coefficient (Wildman–Crippen LogP) is -4.47. The highest BCUT2D eigenvalue weighted by atomic mass is 16.8. The van der Waals surface area contributed by atoms with Gasteiger partial charge in [-0.2, -0.15) is 0 Å². The van der Waals surface area contributed by atoms with E-state index in [9.17, 15) is 136 Å².